The quantitative estimate of drug-likeness (QED) is 0.656. The van der Waals surface area contributed by atoms with Gasteiger partial charge in [-0.1, -0.05) is 6.92 Å². The first-order chi connectivity index (χ1) is 9.16. The zero-order valence-electron chi connectivity index (χ0n) is 10.4. The first-order valence-electron chi connectivity index (χ1n) is 5.59. The molecule has 9 heteroatoms. The summed E-state index contributed by atoms with van der Waals surface area (Å²) in [6.07, 6.45) is -4.41. The highest BCUT2D eigenvalue weighted by Gasteiger charge is 2.33. The number of nitrogens with one attached hydrogen (secondary N) is 1. The number of nitrogens with two attached hydrogens (primary N) is 1. The van der Waals surface area contributed by atoms with Crippen LogP contribution in [0.4, 0.5) is 24.5 Å². The third-order valence-electron chi connectivity index (χ3n) is 2.56. The van der Waals surface area contributed by atoms with Crippen LogP contribution in [-0.2, 0) is 11.0 Å². The molecule has 1 aromatic carbocycles. The van der Waals surface area contributed by atoms with Gasteiger partial charge in [-0.2, -0.15) is 13.2 Å². The van der Waals surface area contributed by atoms with Gasteiger partial charge in [0.25, 0.3) is 5.69 Å². The first kappa shape index (κ1) is 15.9. The minimum absolute atomic E-state index is 0.292. The third-order valence-corrected chi connectivity index (χ3v) is 2.56. The molecule has 1 rings (SSSR count). The molecule has 6 nitrogen and oxygen atoms in total. The number of nitrogens with zero attached hydrogens (tertiary/aromatic N) is 1. The summed E-state index contributed by atoms with van der Waals surface area (Å²) in [5, 5.41) is 12.9. The normalized spacial score (nSPS) is 12.8. The van der Waals surface area contributed by atoms with Gasteiger partial charge in [-0.15, -0.1) is 0 Å². The van der Waals surface area contributed by atoms with E-state index in [9.17, 15) is 28.1 Å². The number of rotatable bonds is 4. The van der Waals surface area contributed by atoms with Gasteiger partial charge in [0.15, 0.2) is 0 Å². The molecule has 3 N–H and O–H groups in total. The van der Waals surface area contributed by atoms with E-state index in [-0.39, 0.29) is 5.69 Å². The number of anilines is 1. The number of carbonyl (C=O) groups excluding carboxylic acids is 1. The maximum Gasteiger partial charge on any atom is 0.416 e. The molecule has 0 heterocycles. The highest BCUT2D eigenvalue weighted by atomic mass is 19.4. The molecule has 0 fully saturated rings. The molecule has 0 aliphatic heterocycles. The maximum absolute atomic E-state index is 12.5. The van der Waals surface area contributed by atoms with E-state index in [1.54, 1.807) is 6.92 Å². The summed E-state index contributed by atoms with van der Waals surface area (Å²) < 4.78 is 37.4. The molecule has 0 aliphatic rings. The van der Waals surface area contributed by atoms with Gasteiger partial charge in [-0.25, -0.2) is 0 Å². The van der Waals surface area contributed by atoms with Crippen molar-refractivity contribution in [3.05, 3.63) is 33.9 Å². The summed E-state index contributed by atoms with van der Waals surface area (Å²) in [6.45, 7) is 1.63. The van der Waals surface area contributed by atoms with E-state index in [4.69, 9.17) is 5.73 Å². The van der Waals surface area contributed by atoms with Crippen molar-refractivity contribution in [2.75, 3.05) is 5.32 Å². The number of hydrogen-bond donors (Lipinski definition) is 2. The Morgan fingerprint density at radius 1 is 1.50 bits per heavy atom. The minimum Gasteiger partial charge on any atom is -0.320 e. The van der Waals surface area contributed by atoms with E-state index < -0.39 is 34.3 Å². The number of amides is 1. The van der Waals surface area contributed by atoms with E-state index in [2.05, 4.69) is 5.32 Å². The van der Waals surface area contributed by atoms with Gasteiger partial charge < -0.3 is 11.1 Å². The van der Waals surface area contributed by atoms with E-state index >= 15 is 0 Å². The van der Waals surface area contributed by atoms with Gasteiger partial charge >= 0.3 is 6.18 Å². The highest BCUT2D eigenvalue weighted by molar-refractivity contribution is 5.96. The molecule has 1 atom stereocenters. The van der Waals surface area contributed by atoms with Crippen LogP contribution >= 0.6 is 0 Å². The number of nitro benzene ring substituents is 1. The molecule has 1 aromatic rings. The van der Waals surface area contributed by atoms with Crippen molar-refractivity contribution in [2.45, 2.75) is 25.6 Å². The second kappa shape index (κ2) is 5.87. The lowest BCUT2D eigenvalue weighted by Crippen LogP contribution is -2.35. The molecule has 110 valence electrons. The summed E-state index contributed by atoms with van der Waals surface area (Å²) in [4.78, 5) is 21.3. The minimum atomic E-state index is -4.70. The van der Waals surface area contributed by atoms with Gasteiger partial charge in [0.05, 0.1) is 16.5 Å². The highest BCUT2D eigenvalue weighted by Crippen LogP contribution is 2.34. The Morgan fingerprint density at radius 2 is 2.10 bits per heavy atom. The number of nitro groups is 1. The van der Waals surface area contributed by atoms with Crippen LogP contribution in [0.2, 0.25) is 0 Å². The zero-order chi connectivity index (χ0) is 15.5. The van der Waals surface area contributed by atoms with Gasteiger partial charge in [-0.3, -0.25) is 14.9 Å². The maximum atomic E-state index is 12.5. The Morgan fingerprint density at radius 3 is 2.55 bits per heavy atom. The van der Waals surface area contributed by atoms with Gasteiger partial charge in [0.1, 0.15) is 5.69 Å². The molecule has 0 bridgehead atoms. The lowest BCUT2D eigenvalue weighted by molar-refractivity contribution is -0.384. The lowest BCUT2D eigenvalue weighted by Gasteiger charge is -2.12. The van der Waals surface area contributed by atoms with Crippen LogP contribution in [0, 0.1) is 10.1 Å². The molecule has 20 heavy (non-hydrogen) atoms. The van der Waals surface area contributed by atoms with Crippen LogP contribution in [0.25, 0.3) is 0 Å². The van der Waals surface area contributed by atoms with Crippen LogP contribution in [0.15, 0.2) is 18.2 Å². The Labute approximate surface area is 111 Å². The van der Waals surface area contributed by atoms with Crippen molar-refractivity contribution in [3.63, 3.8) is 0 Å². The molecular formula is C11H12F3N3O3. The van der Waals surface area contributed by atoms with Gasteiger partial charge in [0.2, 0.25) is 5.91 Å². The standard InChI is InChI=1S/C11H12F3N3O3/c1-2-7(15)10(18)16-8-4-3-6(11(12,13)14)5-9(8)17(19)20/h3-5,7H,2,15H2,1H3,(H,16,18)/t7-/m1/s1. The Balaban J connectivity index is 3.15. The molecule has 0 radical (unpaired) electrons. The van der Waals surface area contributed by atoms with Crippen molar-refractivity contribution < 1.29 is 22.9 Å². The smallest absolute Gasteiger partial charge is 0.320 e. The number of halogens is 3. The fourth-order valence-electron chi connectivity index (χ4n) is 1.38. The van der Waals surface area contributed by atoms with E-state index in [0.29, 0.717) is 18.6 Å². The lowest BCUT2D eigenvalue weighted by atomic mass is 10.1. The SMILES string of the molecule is CC[C@@H](N)C(=O)Nc1ccc(C(F)(F)F)cc1[N+](=O)[O-]. The van der Waals surface area contributed by atoms with Crippen molar-refractivity contribution >= 4 is 17.3 Å². The van der Waals surface area contributed by atoms with Crippen LogP contribution in [0.1, 0.15) is 18.9 Å². The Hall–Kier alpha value is -2.16. The van der Waals surface area contributed by atoms with E-state index in [1.807, 2.05) is 0 Å². The molecule has 0 spiro atoms. The van der Waals surface area contributed by atoms with Crippen molar-refractivity contribution in [1.82, 2.24) is 0 Å². The van der Waals surface area contributed by atoms with Gasteiger partial charge in [0, 0.05) is 6.07 Å². The molecule has 0 saturated carbocycles. The van der Waals surface area contributed by atoms with Gasteiger partial charge in [-0.05, 0) is 18.6 Å². The topological polar surface area (TPSA) is 98.3 Å². The molecule has 1 amide bonds. The molecular weight excluding hydrogens is 279 g/mol. The number of benzene rings is 1. The average Bonchev–Trinajstić information content (AvgIpc) is 2.36. The van der Waals surface area contributed by atoms with Crippen molar-refractivity contribution in [1.29, 1.82) is 0 Å². The number of carbonyl (C=O) groups is 1. The molecule has 0 aliphatic carbocycles. The first-order valence-corrected chi connectivity index (χ1v) is 5.59. The summed E-state index contributed by atoms with van der Waals surface area (Å²) in [7, 11) is 0. The Kier molecular flexibility index (Phi) is 4.66. The Bertz CT molecular complexity index is 531. The third kappa shape index (κ3) is 3.67. The summed E-state index contributed by atoms with van der Waals surface area (Å²) in [6, 6.07) is 0.964. The van der Waals surface area contributed by atoms with E-state index in [0.717, 1.165) is 6.07 Å². The van der Waals surface area contributed by atoms with Crippen LogP contribution in [0.5, 0.6) is 0 Å². The van der Waals surface area contributed by atoms with Crippen LogP contribution < -0.4 is 11.1 Å². The predicted octanol–water partition coefficient (Wildman–Crippen LogP) is 2.29. The summed E-state index contributed by atoms with van der Waals surface area (Å²) in [5.74, 6) is -0.699. The van der Waals surface area contributed by atoms with Crippen molar-refractivity contribution in [2.24, 2.45) is 5.73 Å². The monoisotopic (exact) mass is 291 g/mol. The summed E-state index contributed by atoms with van der Waals surface area (Å²) >= 11 is 0. The predicted molar refractivity (Wildman–Crippen MR) is 65.0 cm³/mol. The molecule has 0 aromatic heterocycles. The van der Waals surface area contributed by atoms with E-state index in [1.165, 1.54) is 0 Å². The number of hydrogen-bond acceptors (Lipinski definition) is 4. The zero-order valence-corrected chi connectivity index (χ0v) is 10.4. The molecule has 0 unspecified atom stereocenters. The second-order valence-electron chi connectivity index (χ2n) is 3.99. The largest absolute Gasteiger partial charge is 0.416 e. The fraction of sp³-hybridized carbons (Fsp3) is 0.364. The molecule has 0 saturated heterocycles. The van der Waals surface area contributed by atoms with Crippen LogP contribution in [-0.4, -0.2) is 16.9 Å². The number of alkyl halides is 3. The van der Waals surface area contributed by atoms with Crippen LogP contribution in [0.3, 0.4) is 0 Å². The fourth-order valence-corrected chi connectivity index (χ4v) is 1.38. The summed E-state index contributed by atoms with van der Waals surface area (Å²) in [5.41, 5.74) is 3.10. The average molecular weight is 291 g/mol. The van der Waals surface area contributed by atoms with Crippen molar-refractivity contribution in [3.8, 4) is 0 Å². The second-order valence-corrected chi connectivity index (χ2v) is 3.99.